The fraction of sp³-hybridized carbons (Fsp3) is 0.154. The third-order valence-corrected chi connectivity index (χ3v) is 3.00. The first-order valence-electron chi connectivity index (χ1n) is 5.58. The Morgan fingerprint density at radius 1 is 1.47 bits per heavy atom. The van der Waals surface area contributed by atoms with Gasteiger partial charge in [-0.25, -0.2) is 4.98 Å². The van der Waals surface area contributed by atoms with Gasteiger partial charge < -0.3 is 15.1 Å². The molecule has 5 nitrogen and oxygen atoms in total. The van der Waals surface area contributed by atoms with Gasteiger partial charge in [-0.05, 0) is 19.1 Å². The minimum absolute atomic E-state index is 0.225. The highest BCUT2D eigenvalue weighted by molar-refractivity contribution is 7.80. The zero-order valence-electron chi connectivity index (χ0n) is 10.6. The summed E-state index contributed by atoms with van der Waals surface area (Å²) in [5.74, 6) is -0.0432. The number of amides is 1. The van der Waals surface area contributed by atoms with Gasteiger partial charge in [-0.2, -0.15) is 0 Å². The third kappa shape index (κ3) is 2.63. The molecule has 0 radical (unpaired) electrons. The molecular formula is C13H13N3O2S. The Bertz CT molecular complexity index is 636. The maximum atomic E-state index is 12.2. The molecule has 1 amide bonds. The monoisotopic (exact) mass is 275 g/mol. The Morgan fingerprint density at radius 2 is 2.21 bits per heavy atom. The van der Waals surface area contributed by atoms with Gasteiger partial charge in [0.05, 0.1) is 5.69 Å². The van der Waals surface area contributed by atoms with Gasteiger partial charge in [0.15, 0.2) is 6.39 Å². The zero-order chi connectivity index (χ0) is 14.0. The smallest absolute Gasteiger partial charge is 0.295 e. The summed E-state index contributed by atoms with van der Waals surface area (Å²) in [6.07, 6.45) is 1.25. The average molecular weight is 275 g/mol. The zero-order valence-corrected chi connectivity index (χ0v) is 11.4. The number of thiocarbonyl (C=S) groups is 1. The number of oxazole rings is 1. The second kappa shape index (κ2) is 5.19. The average Bonchev–Trinajstić information content (AvgIpc) is 2.83. The van der Waals surface area contributed by atoms with E-state index < -0.39 is 0 Å². The van der Waals surface area contributed by atoms with E-state index in [-0.39, 0.29) is 11.7 Å². The maximum absolute atomic E-state index is 12.2. The summed E-state index contributed by atoms with van der Waals surface area (Å²) in [6.45, 7) is 1.72. The number of rotatable bonds is 3. The largest absolute Gasteiger partial charge is 0.438 e. The molecule has 0 aliphatic rings. The molecule has 0 saturated heterocycles. The van der Waals surface area contributed by atoms with E-state index in [4.69, 9.17) is 22.4 Å². The van der Waals surface area contributed by atoms with Crippen molar-refractivity contribution in [2.45, 2.75) is 6.92 Å². The number of aryl methyl sites for hydroxylation is 1. The van der Waals surface area contributed by atoms with Crippen LogP contribution in [0.4, 0.5) is 5.69 Å². The minimum Gasteiger partial charge on any atom is -0.438 e. The van der Waals surface area contributed by atoms with Crippen LogP contribution in [-0.2, 0) is 0 Å². The topological polar surface area (TPSA) is 72.4 Å². The van der Waals surface area contributed by atoms with E-state index in [2.05, 4.69) is 4.98 Å². The summed E-state index contributed by atoms with van der Waals surface area (Å²) in [6, 6.07) is 7.14. The van der Waals surface area contributed by atoms with Crippen molar-refractivity contribution in [2.75, 3.05) is 11.9 Å². The predicted octanol–water partition coefficient (Wildman–Crippen LogP) is 1.89. The lowest BCUT2D eigenvalue weighted by Crippen LogP contribution is -2.26. The number of carbonyl (C=O) groups is 1. The molecule has 6 heteroatoms. The molecule has 0 fully saturated rings. The second-order valence-corrected chi connectivity index (χ2v) is 4.49. The van der Waals surface area contributed by atoms with Crippen LogP contribution in [0.1, 0.15) is 21.8 Å². The van der Waals surface area contributed by atoms with Gasteiger partial charge in [-0.1, -0.05) is 24.4 Å². The molecule has 1 heterocycles. The molecule has 98 valence electrons. The van der Waals surface area contributed by atoms with Crippen LogP contribution in [0.2, 0.25) is 0 Å². The van der Waals surface area contributed by atoms with E-state index in [0.717, 1.165) is 0 Å². The van der Waals surface area contributed by atoms with Crippen molar-refractivity contribution in [3.8, 4) is 0 Å². The summed E-state index contributed by atoms with van der Waals surface area (Å²) in [4.78, 5) is 17.9. The molecule has 0 aliphatic carbocycles. The van der Waals surface area contributed by atoms with E-state index in [1.807, 2.05) is 0 Å². The van der Waals surface area contributed by atoms with Crippen LogP contribution in [0.3, 0.4) is 0 Å². The maximum Gasteiger partial charge on any atom is 0.295 e. The summed E-state index contributed by atoms with van der Waals surface area (Å²) < 4.78 is 5.09. The van der Waals surface area contributed by atoms with Gasteiger partial charge >= 0.3 is 0 Å². The van der Waals surface area contributed by atoms with E-state index >= 15 is 0 Å². The molecular weight excluding hydrogens is 262 g/mol. The number of carbonyl (C=O) groups excluding carboxylic acids is 1. The molecule has 1 aromatic carbocycles. The number of nitrogens with zero attached hydrogens (tertiary/aromatic N) is 2. The van der Waals surface area contributed by atoms with Gasteiger partial charge in [0.1, 0.15) is 4.99 Å². The van der Waals surface area contributed by atoms with Crippen molar-refractivity contribution in [3.63, 3.8) is 0 Å². The van der Waals surface area contributed by atoms with Crippen LogP contribution in [0, 0.1) is 6.92 Å². The van der Waals surface area contributed by atoms with Crippen LogP contribution in [0.15, 0.2) is 35.1 Å². The van der Waals surface area contributed by atoms with Gasteiger partial charge in [-0.3, -0.25) is 4.79 Å². The number of anilines is 1. The molecule has 2 aromatic rings. The standard InChI is InChI=1S/C13H13N3O2S/c1-8-11(18-7-15-8)13(17)16(2)10-5-3-4-9(6-10)12(14)19/h3-7H,1-2H3,(H2,14,19). The highest BCUT2D eigenvalue weighted by Gasteiger charge is 2.19. The third-order valence-electron chi connectivity index (χ3n) is 2.76. The molecule has 1 aromatic heterocycles. The summed E-state index contributed by atoms with van der Waals surface area (Å²) >= 11 is 4.92. The Kier molecular flexibility index (Phi) is 3.62. The van der Waals surface area contributed by atoms with E-state index in [1.54, 1.807) is 38.2 Å². The SMILES string of the molecule is Cc1ncoc1C(=O)N(C)c1cccc(C(N)=S)c1. The molecule has 2 rings (SSSR count). The normalized spacial score (nSPS) is 10.2. The van der Waals surface area contributed by atoms with Crippen molar-refractivity contribution in [1.82, 2.24) is 4.98 Å². The summed E-state index contributed by atoms with van der Waals surface area (Å²) in [5.41, 5.74) is 7.53. The Labute approximate surface area is 116 Å². The minimum atomic E-state index is -0.268. The first-order chi connectivity index (χ1) is 9.00. The van der Waals surface area contributed by atoms with Crippen molar-refractivity contribution in [1.29, 1.82) is 0 Å². The second-order valence-electron chi connectivity index (χ2n) is 4.05. The first kappa shape index (κ1) is 13.2. The molecule has 0 atom stereocenters. The number of aromatic nitrogens is 1. The van der Waals surface area contributed by atoms with Crippen molar-refractivity contribution < 1.29 is 9.21 Å². The fourth-order valence-electron chi connectivity index (χ4n) is 1.64. The summed E-state index contributed by atoms with van der Waals surface area (Å²) in [7, 11) is 1.66. The summed E-state index contributed by atoms with van der Waals surface area (Å²) in [5, 5.41) is 0. The first-order valence-corrected chi connectivity index (χ1v) is 5.99. The quantitative estimate of drug-likeness (QED) is 0.866. The Hall–Kier alpha value is -2.21. The van der Waals surface area contributed by atoms with Crippen LogP contribution >= 0.6 is 12.2 Å². The fourth-order valence-corrected chi connectivity index (χ4v) is 1.77. The Morgan fingerprint density at radius 3 is 2.79 bits per heavy atom. The number of benzene rings is 1. The predicted molar refractivity (Wildman–Crippen MR) is 76.3 cm³/mol. The molecule has 0 bridgehead atoms. The lowest BCUT2D eigenvalue weighted by molar-refractivity contribution is 0.0965. The van der Waals surface area contributed by atoms with Crippen molar-refractivity contribution in [3.05, 3.63) is 47.7 Å². The van der Waals surface area contributed by atoms with Crippen molar-refractivity contribution >= 4 is 28.8 Å². The van der Waals surface area contributed by atoms with Gasteiger partial charge in [0.2, 0.25) is 5.76 Å². The van der Waals surface area contributed by atoms with Crippen LogP contribution in [0.25, 0.3) is 0 Å². The van der Waals surface area contributed by atoms with Crippen LogP contribution in [-0.4, -0.2) is 22.9 Å². The molecule has 19 heavy (non-hydrogen) atoms. The lowest BCUT2D eigenvalue weighted by atomic mass is 10.2. The number of hydrogen-bond donors (Lipinski definition) is 1. The Balaban J connectivity index is 2.32. The highest BCUT2D eigenvalue weighted by Crippen LogP contribution is 2.18. The van der Waals surface area contributed by atoms with E-state index in [9.17, 15) is 4.79 Å². The van der Waals surface area contributed by atoms with Crippen LogP contribution < -0.4 is 10.6 Å². The van der Waals surface area contributed by atoms with Crippen molar-refractivity contribution in [2.24, 2.45) is 5.73 Å². The molecule has 2 N–H and O–H groups in total. The number of nitrogens with two attached hydrogens (primary N) is 1. The molecule has 0 spiro atoms. The highest BCUT2D eigenvalue weighted by atomic mass is 32.1. The van der Waals surface area contributed by atoms with E-state index in [0.29, 0.717) is 21.9 Å². The molecule has 0 saturated carbocycles. The van der Waals surface area contributed by atoms with Gasteiger partial charge in [0, 0.05) is 18.3 Å². The lowest BCUT2D eigenvalue weighted by Gasteiger charge is -2.16. The van der Waals surface area contributed by atoms with Gasteiger partial charge in [0.25, 0.3) is 5.91 Å². The molecule has 0 unspecified atom stereocenters. The van der Waals surface area contributed by atoms with Gasteiger partial charge in [-0.15, -0.1) is 0 Å². The van der Waals surface area contributed by atoms with E-state index in [1.165, 1.54) is 11.3 Å². The number of hydrogen-bond acceptors (Lipinski definition) is 4. The molecule has 0 aliphatic heterocycles. The van der Waals surface area contributed by atoms with Crippen LogP contribution in [0.5, 0.6) is 0 Å².